The summed E-state index contributed by atoms with van der Waals surface area (Å²) in [6.07, 6.45) is 3.53. The molecule has 0 bridgehead atoms. The van der Waals surface area contributed by atoms with Crippen LogP contribution >= 0.6 is 11.6 Å². The van der Waals surface area contributed by atoms with E-state index in [2.05, 4.69) is 20.5 Å². The highest BCUT2D eigenvalue weighted by Crippen LogP contribution is 2.28. The molecule has 1 aromatic heterocycles. The first kappa shape index (κ1) is 11.7. The number of halogens is 1. The van der Waals surface area contributed by atoms with Crippen LogP contribution < -0.4 is 5.32 Å². The second kappa shape index (κ2) is 5.06. The molecule has 0 radical (unpaired) electrons. The van der Waals surface area contributed by atoms with Crippen LogP contribution in [-0.2, 0) is 0 Å². The lowest BCUT2D eigenvalue weighted by Crippen LogP contribution is -2.26. The zero-order valence-corrected chi connectivity index (χ0v) is 10.8. The number of hydrogen-bond donors (Lipinski definition) is 1. The van der Waals surface area contributed by atoms with Crippen LogP contribution in [0, 0.1) is 5.92 Å². The molecule has 3 rings (SSSR count). The van der Waals surface area contributed by atoms with Gasteiger partial charge in [-0.25, -0.2) is 4.98 Å². The Kier molecular flexibility index (Phi) is 3.28. The number of anilines is 1. The summed E-state index contributed by atoms with van der Waals surface area (Å²) in [6, 6.07) is 8.13. The Hall–Kier alpha value is -1.42. The second-order valence-electron chi connectivity index (χ2n) is 4.72. The molecule has 0 spiro atoms. The maximum absolute atomic E-state index is 5.97. The highest BCUT2D eigenvalue weighted by molar-refractivity contribution is 6.18. The van der Waals surface area contributed by atoms with Crippen LogP contribution in [0.4, 0.5) is 5.95 Å². The molecule has 5 heteroatoms. The molecule has 1 fully saturated rings. The number of fused-ring (bicyclic) bond motifs is 1. The smallest absolute Gasteiger partial charge is 0.243 e. The average Bonchev–Trinajstić information content (AvgIpc) is 2.86. The van der Waals surface area contributed by atoms with Crippen molar-refractivity contribution in [3.63, 3.8) is 0 Å². The van der Waals surface area contributed by atoms with Crippen molar-refractivity contribution in [1.29, 1.82) is 0 Å². The number of hydrogen-bond acceptors (Lipinski definition) is 4. The Labute approximate surface area is 111 Å². The first-order valence-corrected chi connectivity index (χ1v) is 6.82. The van der Waals surface area contributed by atoms with E-state index in [1.807, 2.05) is 24.3 Å². The predicted octanol–water partition coefficient (Wildman–Crippen LogP) is 2.84. The van der Waals surface area contributed by atoms with Gasteiger partial charge in [-0.2, -0.15) is 0 Å². The Bertz CT molecular complexity index is 545. The maximum atomic E-state index is 5.97. The van der Waals surface area contributed by atoms with Crippen molar-refractivity contribution in [2.45, 2.75) is 25.3 Å². The zero-order valence-electron chi connectivity index (χ0n) is 10.0. The van der Waals surface area contributed by atoms with E-state index in [9.17, 15) is 0 Å². The average molecular weight is 263 g/mol. The fourth-order valence-electron chi connectivity index (χ4n) is 2.52. The molecule has 4 nitrogen and oxygen atoms in total. The summed E-state index contributed by atoms with van der Waals surface area (Å²) in [5.74, 6) is 1.82. The number of aromatic nitrogens is 3. The summed E-state index contributed by atoms with van der Waals surface area (Å²) >= 11 is 5.97. The summed E-state index contributed by atoms with van der Waals surface area (Å²) in [6.45, 7) is 0. The zero-order chi connectivity index (χ0) is 12.4. The molecule has 1 aromatic carbocycles. The van der Waals surface area contributed by atoms with Gasteiger partial charge in [-0.05, 0) is 30.9 Å². The van der Waals surface area contributed by atoms with Gasteiger partial charge in [0.2, 0.25) is 5.95 Å². The maximum Gasteiger partial charge on any atom is 0.243 e. The molecule has 1 aliphatic rings. The van der Waals surface area contributed by atoms with Gasteiger partial charge < -0.3 is 5.32 Å². The van der Waals surface area contributed by atoms with Gasteiger partial charge in [-0.1, -0.05) is 18.6 Å². The fourth-order valence-corrected chi connectivity index (χ4v) is 2.89. The van der Waals surface area contributed by atoms with E-state index in [0.717, 1.165) is 17.5 Å². The molecule has 1 aliphatic carbocycles. The van der Waals surface area contributed by atoms with Gasteiger partial charge in [0.15, 0.2) is 0 Å². The van der Waals surface area contributed by atoms with Gasteiger partial charge in [-0.15, -0.1) is 21.8 Å². The van der Waals surface area contributed by atoms with E-state index in [0.29, 0.717) is 23.8 Å². The Balaban J connectivity index is 1.82. The molecule has 0 amide bonds. The topological polar surface area (TPSA) is 50.7 Å². The van der Waals surface area contributed by atoms with Crippen molar-refractivity contribution in [1.82, 2.24) is 15.2 Å². The standard InChI is InChI=1S/C13H15ClN4/c14-8-9-4-3-7-10(9)15-13-16-11-5-1-2-6-12(11)17-18-13/h1-2,5-6,9-10H,3-4,7-8H2,(H,15,16,18). The third-order valence-corrected chi connectivity index (χ3v) is 3.93. The summed E-state index contributed by atoms with van der Waals surface area (Å²) in [7, 11) is 0. The van der Waals surface area contributed by atoms with E-state index in [-0.39, 0.29) is 0 Å². The van der Waals surface area contributed by atoms with E-state index in [1.54, 1.807) is 0 Å². The molecule has 2 atom stereocenters. The number of nitrogens with zero attached hydrogens (tertiary/aromatic N) is 3. The van der Waals surface area contributed by atoms with Gasteiger partial charge in [-0.3, -0.25) is 0 Å². The minimum absolute atomic E-state index is 0.380. The fraction of sp³-hybridized carbons (Fsp3) is 0.462. The Morgan fingerprint density at radius 2 is 2.00 bits per heavy atom. The quantitative estimate of drug-likeness (QED) is 0.865. The molecule has 94 valence electrons. The first-order chi connectivity index (χ1) is 8.86. The SMILES string of the molecule is ClCC1CCCC1Nc1nnc2ccccc2n1. The van der Waals surface area contributed by atoms with Crippen molar-refractivity contribution >= 4 is 28.6 Å². The minimum Gasteiger partial charge on any atom is -0.350 e. The van der Waals surface area contributed by atoms with Crippen molar-refractivity contribution in [2.24, 2.45) is 5.92 Å². The second-order valence-corrected chi connectivity index (χ2v) is 5.03. The van der Waals surface area contributed by atoms with Crippen LogP contribution in [0.1, 0.15) is 19.3 Å². The van der Waals surface area contributed by atoms with E-state index < -0.39 is 0 Å². The highest BCUT2D eigenvalue weighted by atomic mass is 35.5. The summed E-state index contributed by atoms with van der Waals surface area (Å²) in [5, 5.41) is 11.7. The number of benzene rings is 1. The molecule has 18 heavy (non-hydrogen) atoms. The van der Waals surface area contributed by atoms with Gasteiger partial charge in [0, 0.05) is 11.9 Å². The van der Waals surface area contributed by atoms with Gasteiger partial charge in [0.25, 0.3) is 0 Å². The monoisotopic (exact) mass is 262 g/mol. The third-order valence-electron chi connectivity index (χ3n) is 3.53. The lowest BCUT2D eigenvalue weighted by molar-refractivity contribution is 0.558. The third kappa shape index (κ3) is 2.25. The molecular weight excluding hydrogens is 248 g/mol. The lowest BCUT2D eigenvalue weighted by Gasteiger charge is -2.18. The Morgan fingerprint density at radius 3 is 2.83 bits per heavy atom. The van der Waals surface area contributed by atoms with Crippen molar-refractivity contribution in [3.8, 4) is 0 Å². The van der Waals surface area contributed by atoms with Gasteiger partial charge in [0.05, 0.1) is 5.52 Å². The number of rotatable bonds is 3. The molecule has 1 saturated carbocycles. The number of para-hydroxylation sites is 1. The predicted molar refractivity (Wildman–Crippen MR) is 72.8 cm³/mol. The molecule has 1 N–H and O–H groups in total. The van der Waals surface area contributed by atoms with E-state index in [4.69, 9.17) is 11.6 Å². The lowest BCUT2D eigenvalue weighted by atomic mass is 10.1. The molecule has 2 aromatic rings. The molecule has 0 aliphatic heterocycles. The van der Waals surface area contributed by atoms with Gasteiger partial charge in [0.1, 0.15) is 5.52 Å². The van der Waals surface area contributed by atoms with Crippen LogP contribution in [0.2, 0.25) is 0 Å². The van der Waals surface area contributed by atoms with Crippen LogP contribution in [0.15, 0.2) is 24.3 Å². The normalized spacial score (nSPS) is 23.4. The number of nitrogens with one attached hydrogen (secondary N) is 1. The summed E-state index contributed by atoms with van der Waals surface area (Å²) in [5.41, 5.74) is 1.69. The molecule has 2 unspecified atom stereocenters. The van der Waals surface area contributed by atoms with Crippen molar-refractivity contribution < 1.29 is 0 Å². The van der Waals surface area contributed by atoms with E-state index in [1.165, 1.54) is 12.8 Å². The van der Waals surface area contributed by atoms with Crippen LogP contribution in [0.5, 0.6) is 0 Å². The molecular formula is C13H15ClN4. The van der Waals surface area contributed by atoms with E-state index >= 15 is 0 Å². The van der Waals surface area contributed by atoms with Gasteiger partial charge >= 0.3 is 0 Å². The summed E-state index contributed by atoms with van der Waals surface area (Å²) in [4.78, 5) is 4.48. The largest absolute Gasteiger partial charge is 0.350 e. The highest BCUT2D eigenvalue weighted by Gasteiger charge is 2.26. The first-order valence-electron chi connectivity index (χ1n) is 6.29. The number of alkyl halides is 1. The Morgan fingerprint density at radius 1 is 1.17 bits per heavy atom. The van der Waals surface area contributed by atoms with Crippen molar-refractivity contribution in [2.75, 3.05) is 11.2 Å². The van der Waals surface area contributed by atoms with Crippen molar-refractivity contribution in [3.05, 3.63) is 24.3 Å². The minimum atomic E-state index is 0.380. The van der Waals surface area contributed by atoms with Crippen LogP contribution in [-0.4, -0.2) is 27.1 Å². The summed E-state index contributed by atoms with van der Waals surface area (Å²) < 4.78 is 0. The molecule has 1 heterocycles. The molecule has 0 saturated heterocycles. The van der Waals surface area contributed by atoms with Crippen LogP contribution in [0.25, 0.3) is 11.0 Å². The van der Waals surface area contributed by atoms with Crippen LogP contribution in [0.3, 0.4) is 0 Å².